The van der Waals surface area contributed by atoms with Gasteiger partial charge < -0.3 is 20.5 Å². The fourth-order valence-corrected chi connectivity index (χ4v) is 3.44. The lowest BCUT2D eigenvalue weighted by atomic mass is 9.95. The maximum atomic E-state index is 12.6. The van der Waals surface area contributed by atoms with Crippen molar-refractivity contribution in [1.82, 2.24) is 9.80 Å². The van der Waals surface area contributed by atoms with Crippen LogP contribution in [0.1, 0.15) is 23.2 Å². The molecule has 0 radical (unpaired) electrons. The topological polar surface area (TPSA) is 113 Å². The molecule has 2 saturated heterocycles. The first-order valence-corrected chi connectivity index (χ1v) is 8.72. The smallest absolute Gasteiger partial charge is 0.335 e. The highest BCUT2D eigenvalue weighted by Gasteiger charge is 2.37. The number of nitrogens with zero attached hydrogens (tertiary/aromatic N) is 2. The fourth-order valence-electron chi connectivity index (χ4n) is 3.44. The molecule has 1 aromatic rings. The van der Waals surface area contributed by atoms with Crippen LogP contribution in [0, 0.1) is 5.92 Å². The summed E-state index contributed by atoms with van der Waals surface area (Å²) in [5, 5.41) is 8.89. The molecule has 2 amide bonds. The molecule has 26 heavy (non-hydrogen) atoms. The zero-order valence-electron chi connectivity index (χ0n) is 14.5. The van der Waals surface area contributed by atoms with Gasteiger partial charge in [0.05, 0.1) is 31.1 Å². The molecule has 0 aliphatic carbocycles. The van der Waals surface area contributed by atoms with E-state index in [0.717, 1.165) is 19.4 Å². The molecule has 0 bridgehead atoms. The minimum atomic E-state index is -0.977. The second-order valence-corrected chi connectivity index (χ2v) is 6.85. The Morgan fingerprint density at radius 3 is 2.46 bits per heavy atom. The quantitative estimate of drug-likeness (QED) is 0.747. The van der Waals surface area contributed by atoms with E-state index in [-0.39, 0.29) is 35.9 Å². The summed E-state index contributed by atoms with van der Waals surface area (Å²) in [4.78, 5) is 38.2. The predicted octanol–water partition coefficient (Wildman–Crippen LogP) is 0.172. The highest BCUT2D eigenvalue weighted by atomic mass is 16.5. The van der Waals surface area contributed by atoms with Gasteiger partial charge in [-0.3, -0.25) is 14.5 Å². The Hall–Kier alpha value is -2.61. The van der Waals surface area contributed by atoms with Gasteiger partial charge in [-0.25, -0.2) is 4.79 Å². The van der Waals surface area contributed by atoms with E-state index in [9.17, 15) is 14.4 Å². The Morgan fingerprint density at radius 2 is 1.85 bits per heavy atom. The highest BCUT2D eigenvalue weighted by Crippen LogP contribution is 2.24. The van der Waals surface area contributed by atoms with Gasteiger partial charge >= 0.3 is 5.97 Å². The number of hydrogen-bond donors (Lipinski definition) is 2. The molecule has 3 rings (SSSR count). The van der Waals surface area contributed by atoms with Crippen LogP contribution >= 0.6 is 0 Å². The van der Waals surface area contributed by atoms with Crippen molar-refractivity contribution >= 4 is 17.8 Å². The van der Waals surface area contributed by atoms with Crippen molar-refractivity contribution in [1.29, 1.82) is 0 Å². The lowest BCUT2D eigenvalue weighted by Crippen LogP contribution is -2.59. The molecule has 0 unspecified atom stereocenters. The number of amides is 2. The number of carbonyl (C=O) groups is 3. The Bertz CT molecular complexity index is 685. The maximum absolute atomic E-state index is 12.6. The molecule has 2 heterocycles. The summed E-state index contributed by atoms with van der Waals surface area (Å²) in [6.07, 6.45) is 1.63. The number of likely N-dealkylation sites (tertiary alicyclic amines) is 2. The van der Waals surface area contributed by atoms with E-state index in [1.54, 1.807) is 17.0 Å². The number of hydrogen-bond acceptors (Lipinski definition) is 5. The molecule has 1 aromatic carbocycles. The van der Waals surface area contributed by atoms with E-state index in [1.807, 2.05) is 4.90 Å². The lowest BCUT2D eigenvalue weighted by Gasteiger charge is -2.42. The summed E-state index contributed by atoms with van der Waals surface area (Å²) < 4.78 is 5.77. The molecule has 140 valence electrons. The van der Waals surface area contributed by atoms with Gasteiger partial charge in [0.2, 0.25) is 11.8 Å². The largest absolute Gasteiger partial charge is 0.487 e. The first-order chi connectivity index (χ1) is 12.4. The van der Waals surface area contributed by atoms with Crippen LogP contribution in [0.15, 0.2) is 24.3 Å². The molecule has 8 nitrogen and oxygen atoms in total. The average molecular weight is 361 g/mol. The lowest BCUT2D eigenvalue weighted by molar-refractivity contribution is -0.146. The summed E-state index contributed by atoms with van der Waals surface area (Å²) >= 11 is 0. The first-order valence-electron chi connectivity index (χ1n) is 8.72. The van der Waals surface area contributed by atoms with Crippen LogP contribution in [0.2, 0.25) is 0 Å². The van der Waals surface area contributed by atoms with Crippen molar-refractivity contribution in [3.8, 4) is 5.75 Å². The van der Waals surface area contributed by atoms with Gasteiger partial charge in [0, 0.05) is 6.54 Å². The second kappa shape index (κ2) is 7.74. The molecule has 0 saturated carbocycles. The van der Waals surface area contributed by atoms with Gasteiger partial charge in [0.15, 0.2) is 0 Å². The van der Waals surface area contributed by atoms with Crippen LogP contribution in [0.4, 0.5) is 0 Å². The second-order valence-electron chi connectivity index (χ2n) is 6.85. The van der Waals surface area contributed by atoms with Crippen LogP contribution in [0.25, 0.3) is 0 Å². The summed E-state index contributed by atoms with van der Waals surface area (Å²) in [6.45, 7) is 2.60. The molecule has 1 atom stereocenters. The van der Waals surface area contributed by atoms with Crippen molar-refractivity contribution in [2.75, 3.05) is 32.7 Å². The zero-order valence-corrected chi connectivity index (χ0v) is 14.5. The number of rotatable bonds is 6. The number of carboxylic acid groups (broad SMARTS) is 1. The van der Waals surface area contributed by atoms with Gasteiger partial charge in [-0.2, -0.15) is 0 Å². The van der Waals surface area contributed by atoms with Crippen LogP contribution < -0.4 is 10.5 Å². The third kappa shape index (κ3) is 4.32. The Kier molecular flexibility index (Phi) is 5.41. The van der Waals surface area contributed by atoms with Crippen molar-refractivity contribution in [3.05, 3.63) is 29.8 Å². The van der Waals surface area contributed by atoms with Crippen LogP contribution in [-0.4, -0.2) is 71.5 Å². The molecular formula is C18H23N3O5. The predicted molar refractivity (Wildman–Crippen MR) is 92.8 cm³/mol. The zero-order chi connectivity index (χ0) is 18.7. The van der Waals surface area contributed by atoms with Crippen molar-refractivity contribution in [3.63, 3.8) is 0 Å². The van der Waals surface area contributed by atoms with Gasteiger partial charge in [-0.15, -0.1) is 0 Å². The number of nitrogens with two attached hydrogens (primary N) is 1. The molecule has 0 aromatic heterocycles. The summed E-state index contributed by atoms with van der Waals surface area (Å²) in [7, 11) is 0. The number of primary amides is 1. The number of piperidine rings is 1. The highest BCUT2D eigenvalue weighted by molar-refractivity contribution is 5.87. The molecule has 2 fully saturated rings. The van der Waals surface area contributed by atoms with Crippen molar-refractivity contribution < 1.29 is 24.2 Å². The summed E-state index contributed by atoms with van der Waals surface area (Å²) in [6, 6.07) is 6.23. The van der Waals surface area contributed by atoms with E-state index in [0.29, 0.717) is 25.4 Å². The third-order valence-corrected chi connectivity index (χ3v) is 4.80. The van der Waals surface area contributed by atoms with E-state index < -0.39 is 5.97 Å². The van der Waals surface area contributed by atoms with Crippen LogP contribution in [0.5, 0.6) is 5.75 Å². The SMILES string of the molecule is NC(=O)CN1CCC[C@@H](C(=O)N2CC(Oc3ccc(C(=O)O)cc3)C2)C1. The monoisotopic (exact) mass is 361 g/mol. The van der Waals surface area contributed by atoms with Crippen molar-refractivity contribution in [2.45, 2.75) is 18.9 Å². The summed E-state index contributed by atoms with van der Waals surface area (Å²) in [5.41, 5.74) is 5.44. The van der Waals surface area contributed by atoms with Crippen molar-refractivity contribution in [2.24, 2.45) is 11.7 Å². The standard InChI is InChI=1S/C18H23N3O5/c19-16(22)11-20-7-1-2-13(8-20)17(23)21-9-15(10-21)26-14-5-3-12(4-6-14)18(24)25/h3-6,13,15H,1-2,7-11H2,(H2,19,22)(H,24,25)/t13-/m1/s1. The average Bonchev–Trinajstić information content (AvgIpc) is 2.57. The maximum Gasteiger partial charge on any atom is 0.335 e. The number of aromatic carboxylic acids is 1. The number of benzene rings is 1. The Balaban J connectivity index is 1.46. The van der Waals surface area contributed by atoms with Gasteiger partial charge in [0.1, 0.15) is 11.9 Å². The minimum absolute atomic E-state index is 0.0834. The van der Waals surface area contributed by atoms with Gasteiger partial charge in [-0.1, -0.05) is 0 Å². The Labute approximate surface area is 151 Å². The van der Waals surface area contributed by atoms with E-state index in [2.05, 4.69) is 0 Å². The van der Waals surface area contributed by atoms with Crippen LogP contribution in [0.3, 0.4) is 0 Å². The Morgan fingerprint density at radius 1 is 1.15 bits per heavy atom. The molecule has 2 aliphatic heterocycles. The van der Waals surface area contributed by atoms with E-state index in [4.69, 9.17) is 15.6 Å². The first kappa shape index (κ1) is 18.2. The molecule has 8 heteroatoms. The van der Waals surface area contributed by atoms with Crippen LogP contribution in [-0.2, 0) is 9.59 Å². The number of carbonyl (C=O) groups excluding carboxylic acids is 2. The number of ether oxygens (including phenoxy) is 1. The molecule has 3 N–H and O–H groups in total. The van der Waals surface area contributed by atoms with Gasteiger partial charge in [-0.05, 0) is 43.7 Å². The fraction of sp³-hybridized carbons (Fsp3) is 0.500. The summed E-state index contributed by atoms with van der Waals surface area (Å²) in [5.74, 6) is -0.754. The molecule has 2 aliphatic rings. The minimum Gasteiger partial charge on any atom is -0.487 e. The third-order valence-electron chi connectivity index (χ3n) is 4.80. The van der Waals surface area contributed by atoms with Gasteiger partial charge in [0.25, 0.3) is 0 Å². The molecular weight excluding hydrogens is 338 g/mol. The van der Waals surface area contributed by atoms with E-state index >= 15 is 0 Å². The normalized spacial score (nSPS) is 21.1. The van der Waals surface area contributed by atoms with E-state index in [1.165, 1.54) is 12.1 Å². The molecule has 0 spiro atoms. The number of carboxylic acids is 1.